The summed E-state index contributed by atoms with van der Waals surface area (Å²) in [5.41, 5.74) is 11.9. The third kappa shape index (κ3) is 6.51. The molecule has 0 saturated carbocycles. The molecule has 8 aromatic rings. The molecular weight excluding hydrogens is 653 g/mol. The van der Waals surface area contributed by atoms with E-state index in [9.17, 15) is 0 Å². The number of fused-ring (bicyclic) bond motifs is 5. The maximum atomic E-state index is 2.46. The Bertz CT molecular complexity index is 2610. The number of benzene rings is 8. The Hall–Kier alpha value is -5.86. The molecule has 0 aliphatic carbocycles. The van der Waals surface area contributed by atoms with Gasteiger partial charge in [0.05, 0.1) is 11.4 Å². The fraction of sp³-hybridized carbons (Fsp3) is 0.192. The van der Waals surface area contributed by atoms with E-state index in [2.05, 4.69) is 223 Å². The predicted molar refractivity (Wildman–Crippen MR) is 235 cm³/mol. The first-order valence-electron chi connectivity index (χ1n) is 19.2. The molecule has 0 atom stereocenters. The van der Waals surface area contributed by atoms with E-state index in [0.29, 0.717) is 0 Å². The lowest BCUT2D eigenvalue weighted by Crippen LogP contribution is -2.15. The fourth-order valence-corrected chi connectivity index (χ4v) is 7.70. The number of para-hydroxylation sites is 2. The second-order valence-electron chi connectivity index (χ2n) is 16.9. The number of nitrogens with zero attached hydrogens (tertiary/aromatic N) is 2. The van der Waals surface area contributed by atoms with Crippen LogP contribution in [0, 0.1) is 13.8 Å². The van der Waals surface area contributed by atoms with Crippen molar-refractivity contribution < 1.29 is 0 Å². The maximum absolute atomic E-state index is 2.46. The van der Waals surface area contributed by atoms with Crippen LogP contribution in [0.5, 0.6) is 0 Å². The van der Waals surface area contributed by atoms with E-state index in [1.165, 1.54) is 65.9 Å². The van der Waals surface area contributed by atoms with E-state index in [-0.39, 0.29) is 10.8 Å². The van der Waals surface area contributed by atoms with Crippen molar-refractivity contribution in [3.05, 3.63) is 180 Å². The van der Waals surface area contributed by atoms with Crippen molar-refractivity contribution in [1.29, 1.82) is 0 Å². The summed E-state index contributed by atoms with van der Waals surface area (Å²) in [6.07, 6.45) is 0. The topological polar surface area (TPSA) is 6.48 Å². The quantitative estimate of drug-likeness (QED) is 0.159. The summed E-state index contributed by atoms with van der Waals surface area (Å²) in [6.45, 7) is 18.2. The zero-order valence-corrected chi connectivity index (χ0v) is 32.9. The van der Waals surface area contributed by atoms with E-state index in [4.69, 9.17) is 0 Å². The monoisotopic (exact) mass is 702 g/mol. The van der Waals surface area contributed by atoms with Gasteiger partial charge in [0.1, 0.15) is 0 Å². The van der Waals surface area contributed by atoms with Gasteiger partial charge >= 0.3 is 0 Å². The van der Waals surface area contributed by atoms with Crippen LogP contribution in [0.25, 0.3) is 32.3 Å². The molecule has 0 N–H and O–H groups in total. The van der Waals surface area contributed by atoms with Crippen molar-refractivity contribution in [3.8, 4) is 0 Å². The molecule has 268 valence electrons. The van der Waals surface area contributed by atoms with Gasteiger partial charge in [-0.2, -0.15) is 0 Å². The predicted octanol–water partition coefficient (Wildman–Crippen LogP) is 15.3. The standard InChI is InChI=1S/C52H50N2/c1-35-19-24-41(25-20-35)53(39-15-11-9-12-16-39)49-33-38(52(6,7)8)32-47-45(49)30-29-43-46-31-37(51(3,4)5)23-28-44(46)50(34-48(43)47)54(40-17-13-10-14-18-40)42-26-21-36(2)22-27-42/h9-34H,1-8H3. The van der Waals surface area contributed by atoms with Crippen LogP contribution >= 0.6 is 0 Å². The van der Waals surface area contributed by atoms with Crippen molar-refractivity contribution in [2.24, 2.45) is 0 Å². The lowest BCUT2D eigenvalue weighted by molar-refractivity contribution is 0.591. The minimum absolute atomic E-state index is 0.000235. The number of hydrogen-bond acceptors (Lipinski definition) is 2. The van der Waals surface area contributed by atoms with E-state index < -0.39 is 0 Å². The summed E-state index contributed by atoms with van der Waals surface area (Å²) < 4.78 is 0. The zero-order chi connectivity index (χ0) is 37.8. The summed E-state index contributed by atoms with van der Waals surface area (Å²) in [5, 5.41) is 7.49. The van der Waals surface area contributed by atoms with Crippen LogP contribution in [0.4, 0.5) is 34.1 Å². The van der Waals surface area contributed by atoms with Crippen molar-refractivity contribution in [2.75, 3.05) is 9.80 Å². The first-order chi connectivity index (χ1) is 25.9. The number of anilines is 6. The van der Waals surface area contributed by atoms with E-state index in [1.54, 1.807) is 0 Å². The number of aryl methyl sites for hydroxylation is 2. The number of hydrogen-bond donors (Lipinski definition) is 0. The molecule has 0 aromatic heterocycles. The Labute approximate surface area is 321 Å². The second kappa shape index (κ2) is 13.5. The fourth-order valence-electron chi connectivity index (χ4n) is 7.70. The average molecular weight is 703 g/mol. The average Bonchev–Trinajstić information content (AvgIpc) is 3.16. The van der Waals surface area contributed by atoms with Gasteiger partial charge in [-0.25, -0.2) is 0 Å². The van der Waals surface area contributed by atoms with E-state index in [0.717, 1.165) is 22.7 Å². The summed E-state index contributed by atoms with van der Waals surface area (Å²) in [6, 6.07) is 58.7. The van der Waals surface area contributed by atoms with Gasteiger partial charge in [0, 0.05) is 33.5 Å². The third-order valence-corrected chi connectivity index (χ3v) is 10.8. The molecule has 8 aromatic carbocycles. The SMILES string of the molecule is Cc1ccc(N(c2ccccc2)c2cc3c4cc(C(C)(C)C)cc(N(c5ccccc5)c5ccc(C)cc5)c4ccc3c3cc(C(C)(C)C)ccc23)cc1. The zero-order valence-electron chi connectivity index (χ0n) is 32.9. The Morgan fingerprint density at radius 2 is 0.685 bits per heavy atom. The minimum Gasteiger partial charge on any atom is -0.310 e. The maximum Gasteiger partial charge on any atom is 0.0546 e. The van der Waals surface area contributed by atoms with Gasteiger partial charge in [0.15, 0.2) is 0 Å². The Morgan fingerprint density at radius 3 is 1.17 bits per heavy atom. The molecule has 0 amide bonds. The molecule has 2 nitrogen and oxygen atoms in total. The second-order valence-corrected chi connectivity index (χ2v) is 16.9. The molecule has 0 bridgehead atoms. The smallest absolute Gasteiger partial charge is 0.0546 e. The summed E-state index contributed by atoms with van der Waals surface area (Å²) in [4.78, 5) is 4.87. The minimum atomic E-state index is -0.0855. The van der Waals surface area contributed by atoms with Gasteiger partial charge in [-0.15, -0.1) is 0 Å². The number of rotatable bonds is 6. The molecular formula is C52H50N2. The molecule has 0 aliphatic heterocycles. The first kappa shape index (κ1) is 35.2. The summed E-state index contributed by atoms with van der Waals surface area (Å²) in [5.74, 6) is 0. The molecule has 0 fully saturated rings. The summed E-state index contributed by atoms with van der Waals surface area (Å²) >= 11 is 0. The molecule has 54 heavy (non-hydrogen) atoms. The summed E-state index contributed by atoms with van der Waals surface area (Å²) in [7, 11) is 0. The highest BCUT2D eigenvalue weighted by Gasteiger charge is 2.25. The van der Waals surface area contributed by atoms with Gasteiger partial charge in [0.25, 0.3) is 0 Å². The van der Waals surface area contributed by atoms with Crippen LogP contribution in [0.1, 0.15) is 63.8 Å². The van der Waals surface area contributed by atoms with Crippen molar-refractivity contribution >= 4 is 66.4 Å². The Balaban J connectivity index is 1.53. The van der Waals surface area contributed by atoms with Crippen molar-refractivity contribution in [1.82, 2.24) is 0 Å². The lowest BCUT2D eigenvalue weighted by atomic mass is 9.82. The molecule has 0 aliphatic rings. The molecule has 0 spiro atoms. The molecule has 8 rings (SSSR count). The molecule has 0 heterocycles. The highest BCUT2D eigenvalue weighted by molar-refractivity contribution is 6.23. The molecule has 0 saturated heterocycles. The highest BCUT2D eigenvalue weighted by Crippen LogP contribution is 2.48. The molecule has 0 radical (unpaired) electrons. The van der Waals surface area contributed by atoms with Crippen LogP contribution in [-0.4, -0.2) is 0 Å². The normalized spacial score (nSPS) is 12.1. The highest BCUT2D eigenvalue weighted by atomic mass is 15.1. The van der Waals surface area contributed by atoms with Crippen molar-refractivity contribution in [2.45, 2.75) is 66.2 Å². The lowest BCUT2D eigenvalue weighted by Gasteiger charge is -2.31. The first-order valence-corrected chi connectivity index (χ1v) is 19.2. The third-order valence-electron chi connectivity index (χ3n) is 10.8. The largest absolute Gasteiger partial charge is 0.310 e. The Kier molecular flexibility index (Phi) is 8.81. The molecule has 0 unspecified atom stereocenters. The van der Waals surface area contributed by atoms with Crippen LogP contribution < -0.4 is 9.80 Å². The van der Waals surface area contributed by atoms with Crippen LogP contribution in [0.2, 0.25) is 0 Å². The van der Waals surface area contributed by atoms with E-state index >= 15 is 0 Å². The Morgan fingerprint density at radius 1 is 0.315 bits per heavy atom. The van der Waals surface area contributed by atoms with Crippen LogP contribution in [0.15, 0.2) is 158 Å². The van der Waals surface area contributed by atoms with Crippen LogP contribution in [0.3, 0.4) is 0 Å². The molecule has 2 heteroatoms. The van der Waals surface area contributed by atoms with Crippen LogP contribution in [-0.2, 0) is 10.8 Å². The van der Waals surface area contributed by atoms with Crippen molar-refractivity contribution in [3.63, 3.8) is 0 Å². The van der Waals surface area contributed by atoms with E-state index in [1.807, 2.05) is 0 Å². The van der Waals surface area contributed by atoms with Gasteiger partial charge in [-0.3, -0.25) is 0 Å². The van der Waals surface area contributed by atoms with Gasteiger partial charge in [-0.1, -0.05) is 138 Å². The van der Waals surface area contributed by atoms with Gasteiger partial charge in [-0.05, 0) is 130 Å². The van der Waals surface area contributed by atoms with Gasteiger partial charge in [0.2, 0.25) is 0 Å². The van der Waals surface area contributed by atoms with Gasteiger partial charge < -0.3 is 9.80 Å².